The summed E-state index contributed by atoms with van der Waals surface area (Å²) < 4.78 is 61.3. The maximum absolute atomic E-state index is 13.0. The molecule has 0 radical (unpaired) electrons. The summed E-state index contributed by atoms with van der Waals surface area (Å²) in [6, 6.07) is 12.2. The molecule has 0 aliphatic rings. The number of alkyl halides is 4. The van der Waals surface area contributed by atoms with Gasteiger partial charge in [-0.2, -0.15) is 13.9 Å². The number of halogens is 4. The van der Waals surface area contributed by atoms with Crippen molar-refractivity contribution in [1.29, 1.82) is 0 Å². The standard InChI is InChI=1S/C21H18F4N2O3S/c1-29-17-7-6-13(8-14(17)10-30-12-21(24,25)20(22)23)9-26-27-19(28)16-11-31-18-5-3-2-4-15(16)18/h2-9,11,20H,10,12H2,1H3,(H,27,28)/b26-9-. The van der Waals surface area contributed by atoms with Crippen LogP contribution in [0.1, 0.15) is 21.5 Å². The minimum Gasteiger partial charge on any atom is -0.496 e. The van der Waals surface area contributed by atoms with Crippen LogP contribution in [0, 0.1) is 0 Å². The fourth-order valence-electron chi connectivity index (χ4n) is 2.73. The fraction of sp³-hybridized carbons (Fsp3) is 0.238. The minimum absolute atomic E-state index is 0.339. The Hall–Kier alpha value is -2.98. The van der Waals surface area contributed by atoms with Crippen LogP contribution in [-0.2, 0) is 11.3 Å². The summed E-state index contributed by atoms with van der Waals surface area (Å²) >= 11 is 1.45. The van der Waals surface area contributed by atoms with Crippen molar-refractivity contribution < 1.29 is 31.8 Å². The second-order valence-electron chi connectivity index (χ2n) is 6.47. The van der Waals surface area contributed by atoms with Gasteiger partial charge in [0.25, 0.3) is 5.91 Å². The van der Waals surface area contributed by atoms with Crippen LogP contribution >= 0.6 is 11.3 Å². The van der Waals surface area contributed by atoms with Crippen LogP contribution in [0.4, 0.5) is 17.6 Å². The Morgan fingerprint density at radius 1 is 1.26 bits per heavy atom. The molecule has 1 aromatic heterocycles. The fourth-order valence-corrected chi connectivity index (χ4v) is 3.67. The van der Waals surface area contributed by atoms with E-state index in [-0.39, 0.29) is 12.5 Å². The largest absolute Gasteiger partial charge is 0.496 e. The first-order valence-electron chi connectivity index (χ1n) is 9.02. The molecular weight excluding hydrogens is 436 g/mol. The van der Waals surface area contributed by atoms with E-state index in [0.29, 0.717) is 22.4 Å². The maximum atomic E-state index is 13.0. The van der Waals surface area contributed by atoms with Gasteiger partial charge in [0.05, 0.1) is 25.5 Å². The number of methoxy groups -OCH3 is 1. The number of carbonyl (C=O) groups excluding carboxylic acids is 1. The molecule has 164 valence electrons. The molecule has 10 heteroatoms. The number of fused-ring (bicyclic) bond motifs is 1. The Bertz CT molecular complexity index is 1090. The highest BCUT2D eigenvalue weighted by Gasteiger charge is 2.41. The molecule has 0 spiro atoms. The highest BCUT2D eigenvalue weighted by molar-refractivity contribution is 7.17. The van der Waals surface area contributed by atoms with E-state index in [1.165, 1.54) is 30.7 Å². The molecule has 0 saturated carbocycles. The molecule has 0 saturated heterocycles. The van der Waals surface area contributed by atoms with Gasteiger partial charge in [-0.05, 0) is 29.8 Å². The molecule has 5 nitrogen and oxygen atoms in total. The van der Waals surface area contributed by atoms with E-state index in [4.69, 9.17) is 9.47 Å². The molecule has 1 N–H and O–H groups in total. The minimum atomic E-state index is -4.23. The van der Waals surface area contributed by atoms with Gasteiger partial charge in [-0.15, -0.1) is 11.3 Å². The van der Waals surface area contributed by atoms with Crippen molar-refractivity contribution in [3.63, 3.8) is 0 Å². The summed E-state index contributed by atoms with van der Waals surface area (Å²) in [6.45, 7) is -1.78. The van der Waals surface area contributed by atoms with Gasteiger partial charge in [0, 0.05) is 21.0 Å². The van der Waals surface area contributed by atoms with Crippen LogP contribution in [0.5, 0.6) is 5.75 Å². The topological polar surface area (TPSA) is 59.9 Å². The number of rotatable bonds is 9. The Morgan fingerprint density at radius 3 is 2.77 bits per heavy atom. The number of carbonyl (C=O) groups is 1. The molecule has 0 bridgehead atoms. The first-order valence-corrected chi connectivity index (χ1v) is 9.90. The van der Waals surface area contributed by atoms with Crippen LogP contribution < -0.4 is 10.2 Å². The molecule has 0 aliphatic heterocycles. The number of benzene rings is 2. The van der Waals surface area contributed by atoms with Gasteiger partial charge < -0.3 is 9.47 Å². The van der Waals surface area contributed by atoms with E-state index >= 15 is 0 Å². The zero-order valence-corrected chi connectivity index (χ0v) is 17.1. The SMILES string of the molecule is COc1ccc(/C=N\NC(=O)c2csc3ccccc23)cc1COCC(F)(F)C(F)F. The van der Waals surface area contributed by atoms with Gasteiger partial charge in [0.15, 0.2) is 0 Å². The van der Waals surface area contributed by atoms with E-state index in [0.717, 1.165) is 10.1 Å². The smallest absolute Gasteiger partial charge is 0.330 e. The van der Waals surface area contributed by atoms with E-state index < -0.39 is 19.0 Å². The average molecular weight is 454 g/mol. The lowest BCUT2D eigenvalue weighted by Gasteiger charge is -2.16. The number of hydrazone groups is 1. The maximum Gasteiger partial charge on any atom is 0.330 e. The zero-order valence-electron chi connectivity index (χ0n) is 16.3. The molecule has 0 atom stereocenters. The number of nitrogens with zero attached hydrogens (tertiary/aromatic N) is 1. The van der Waals surface area contributed by atoms with Crippen molar-refractivity contribution in [3.05, 3.63) is 64.5 Å². The number of nitrogens with one attached hydrogen (secondary N) is 1. The molecular formula is C21H18F4N2O3S. The lowest BCUT2D eigenvalue weighted by molar-refractivity contribution is -0.168. The average Bonchev–Trinajstić information content (AvgIpc) is 3.18. The van der Waals surface area contributed by atoms with Gasteiger partial charge in [0.2, 0.25) is 0 Å². The Morgan fingerprint density at radius 2 is 2.03 bits per heavy atom. The number of ether oxygens (including phenoxy) is 2. The normalized spacial score (nSPS) is 12.1. The molecule has 0 fully saturated rings. The van der Waals surface area contributed by atoms with Gasteiger partial charge in [-0.1, -0.05) is 18.2 Å². The van der Waals surface area contributed by atoms with Crippen molar-refractivity contribution >= 4 is 33.5 Å². The van der Waals surface area contributed by atoms with Gasteiger partial charge in [-0.3, -0.25) is 4.79 Å². The first-order chi connectivity index (χ1) is 14.8. The van der Waals surface area contributed by atoms with Crippen LogP contribution in [0.15, 0.2) is 52.9 Å². The van der Waals surface area contributed by atoms with Crippen molar-refractivity contribution in [2.24, 2.45) is 5.10 Å². The highest BCUT2D eigenvalue weighted by atomic mass is 32.1. The predicted octanol–water partition coefficient (Wildman–Crippen LogP) is 5.09. The van der Waals surface area contributed by atoms with E-state index in [1.54, 1.807) is 17.5 Å². The van der Waals surface area contributed by atoms with Crippen LogP contribution in [-0.4, -0.2) is 38.2 Å². The molecule has 0 aliphatic carbocycles. The number of amides is 1. The third kappa shape index (κ3) is 5.59. The Kier molecular flexibility index (Phi) is 7.24. The summed E-state index contributed by atoms with van der Waals surface area (Å²) in [5, 5.41) is 6.49. The number of thiophene rings is 1. The summed E-state index contributed by atoms with van der Waals surface area (Å²) in [5.74, 6) is -4.27. The quantitative estimate of drug-likeness (QED) is 0.278. The highest BCUT2D eigenvalue weighted by Crippen LogP contribution is 2.26. The van der Waals surface area contributed by atoms with Crippen molar-refractivity contribution in [2.75, 3.05) is 13.7 Å². The number of hydrogen-bond donors (Lipinski definition) is 1. The molecule has 1 amide bonds. The first kappa shape index (κ1) is 22.7. The second kappa shape index (κ2) is 9.88. The lowest BCUT2D eigenvalue weighted by Crippen LogP contribution is -2.32. The predicted molar refractivity (Wildman–Crippen MR) is 110 cm³/mol. The second-order valence-corrected chi connectivity index (χ2v) is 7.38. The molecule has 2 aromatic carbocycles. The van der Waals surface area contributed by atoms with Crippen LogP contribution in [0.3, 0.4) is 0 Å². The summed E-state index contributed by atoms with van der Waals surface area (Å²) in [6.07, 6.45) is -2.44. The van der Waals surface area contributed by atoms with Crippen molar-refractivity contribution in [1.82, 2.24) is 5.43 Å². The number of hydrogen-bond acceptors (Lipinski definition) is 5. The monoisotopic (exact) mass is 454 g/mol. The van der Waals surface area contributed by atoms with Crippen molar-refractivity contribution in [3.8, 4) is 5.75 Å². The molecule has 3 aromatic rings. The lowest BCUT2D eigenvalue weighted by atomic mass is 10.1. The molecule has 3 rings (SSSR count). The van der Waals surface area contributed by atoms with E-state index in [9.17, 15) is 22.4 Å². The molecule has 31 heavy (non-hydrogen) atoms. The van der Waals surface area contributed by atoms with Gasteiger partial charge in [0.1, 0.15) is 12.4 Å². The third-order valence-electron chi connectivity index (χ3n) is 4.28. The van der Waals surface area contributed by atoms with E-state index in [1.807, 2.05) is 24.3 Å². The summed E-state index contributed by atoms with van der Waals surface area (Å²) in [4.78, 5) is 12.4. The molecule has 1 heterocycles. The molecule has 0 unspecified atom stereocenters. The van der Waals surface area contributed by atoms with Crippen molar-refractivity contribution in [2.45, 2.75) is 19.0 Å². The van der Waals surface area contributed by atoms with Crippen LogP contribution in [0.25, 0.3) is 10.1 Å². The van der Waals surface area contributed by atoms with Gasteiger partial charge >= 0.3 is 12.3 Å². The summed E-state index contributed by atoms with van der Waals surface area (Å²) in [7, 11) is 1.38. The Balaban J connectivity index is 1.65. The van der Waals surface area contributed by atoms with E-state index in [2.05, 4.69) is 10.5 Å². The van der Waals surface area contributed by atoms with Gasteiger partial charge in [-0.25, -0.2) is 14.2 Å². The zero-order chi connectivity index (χ0) is 22.4. The third-order valence-corrected chi connectivity index (χ3v) is 5.24. The Labute approximate surface area is 179 Å². The van der Waals surface area contributed by atoms with Crippen LogP contribution in [0.2, 0.25) is 0 Å². The summed E-state index contributed by atoms with van der Waals surface area (Å²) in [5.41, 5.74) is 3.83.